The highest BCUT2D eigenvalue weighted by atomic mass is 16.3. The van der Waals surface area contributed by atoms with Crippen LogP contribution in [0.2, 0.25) is 0 Å². The number of carbonyl (C=O) groups is 1. The first-order valence-corrected chi connectivity index (χ1v) is 3.55. The Hall–Kier alpha value is -1.77. The summed E-state index contributed by atoms with van der Waals surface area (Å²) in [6.07, 6.45) is 0.620. The summed E-state index contributed by atoms with van der Waals surface area (Å²) in [4.78, 5) is 10.4. The minimum absolute atomic E-state index is 0.205. The predicted molar refractivity (Wildman–Crippen MR) is 46.0 cm³/mol. The molecule has 0 atom stereocenters. The van der Waals surface area contributed by atoms with Gasteiger partial charge in [0.15, 0.2) is 12.0 Å². The smallest absolute Gasteiger partial charge is 0.190 e. The summed E-state index contributed by atoms with van der Waals surface area (Å²) in [5.74, 6) is 0.205. The van der Waals surface area contributed by atoms with Gasteiger partial charge in [-0.2, -0.15) is 0 Å². The van der Waals surface area contributed by atoms with E-state index in [4.69, 9.17) is 10.2 Å². The summed E-state index contributed by atoms with van der Waals surface area (Å²) in [6.45, 7) is 0. The molecule has 0 fully saturated rings. The minimum Gasteiger partial charge on any atom is -0.451 e. The molecule has 0 aliphatic heterocycles. The molecule has 2 rings (SSSR count). The maximum Gasteiger partial charge on any atom is 0.190 e. The van der Waals surface area contributed by atoms with Crippen molar-refractivity contribution in [2.45, 2.75) is 0 Å². The fourth-order valence-corrected chi connectivity index (χ4v) is 1.17. The third-order valence-corrected chi connectivity index (χ3v) is 1.77. The Bertz CT molecular complexity index is 431. The van der Waals surface area contributed by atoms with E-state index in [2.05, 4.69) is 0 Å². The van der Waals surface area contributed by atoms with E-state index in [0.717, 1.165) is 5.39 Å². The summed E-state index contributed by atoms with van der Waals surface area (Å²) < 4.78 is 5.15. The number of furan rings is 1. The van der Waals surface area contributed by atoms with Crippen LogP contribution in [0.5, 0.6) is 0 Å². The molecule has 0 saturated heterocycles. The first-order valence-electron chi connectivity index (χ1n) is 3.55. The number of carbonyl (C=O) groups excluding carboxylic acids is 1. The second-order valence-electron chi connectivity index (χ2n) is 2.49. The Balaban J connectivity index is 2.87. The molecular weight excluding hydrogens is 154 g/mol. The van der Waals surface area contributed by atoms with Gasteiger partial charge in [-0.25, -0.2) is 0 Å². The van der Waals surface area contributed by atoms with Gasteiger partial charge in [0.1, 0.15) is 5.58 Å². The van der Waals surface area contributed by atoms with Gasteiger partial charge in [-0.1, -0.05) is 12.1 Å². The van der Waals surface area contributed by atoms with Crippen molar-refractivity contribution >= 4 is 22.9 Å². The highest BCUT2D eigenvalue weighted by Gasteiger charge is 2.08. The lowest BCUT2D eigenvalue weighted by Gasteiger charge is -1.85. The van der Waals surface area contributed by atoms with Crippen molar-refractivity contribution in [2.75, 3.05) is 5.73 Å². The highest BCUT2D eigenvalue weighted by Crippen LogP contribution is 2.26. The van der Waals surface area contributed by atoms with Crippen molar-refractivity contribution in [3.05, 3.63) is 30.0 Å². The largest absolute Gasteiger partial charge is 0.451 e. The number of anilines is 1. The quantitative estimate of drug-likeness (QED) is 0.649. The monoisotopic (exact) mass is 161 g/mol. The van der Waals surface area contributed by atoms with Crippen molar-refractivity contribution in [1.82, 2.24) is 0 Å². The van der Waals surface area contributed by atoms with Gasteiger partial charge in [0, 0.05) is 5.39 Å². The second kappa shape index (κ2) is 2.37. The maximum absolute atomic E-state index is 10.4. The molecule has 0 saturated carbocycles. The molecule has 2 N–H and O–H groups in total. The van der Waals surface area contributed by atoms with Gasteiger partial charge in [0.05, 0.1) is 5.69 Å². The van der Waals surface area contributed by atoms with Crippen LogP contribution in [-0.2, 0) is 0 Å². The van der Waals surface area contributed by atoms with Crippen molar-refractivity contribution in [3.8, 4) is 0 Å². The number of nitrogen functional groups attached to an aromatic ring is 1. The maximum atomic E-state index is 10.4. The van der Waals surface area contributed by atoms with E-state index in [0.29, 0.717) is 17.6 Å². The molecule has 0 bridgehead atoms. The number of nitrogens with two attached hydrogens (primary N) is 1. The molecule has 12 heavy (non-hydrogen) atoms. The molecular formula is C9H7NO2. The Morgan fingerprint density at radius 2 is 2.08 bits per heavy atom. The lowest BCUT2D eigenvalue weighted by Crippen LogP contribution is -1.86. The third-order valence-electron chi connectivity index (χ3n) is 1.77. The van der Waals surface area contributed by atoms with Crippen LogP contribution in [0, 0.1) is 0 Å². The lowest BCUT2D eigenvalue weighted by atomic mass is 10.2. The first kappa shape index (κ1) is 6.91. The molecule has 1 aromatic carbocycles. The van der Waals surface area contributed by atoms with Gasteiger partial charge in [0.2, 0.25) is 0 Å². The summed E-state index contributed by atoms with van der Waals surface area (Å²) in [5, 5.41) is 0.791. The minimum atomic E-state index is 0.205. The number of aldehydes is 1. The zero-order valence-corrected chi connectivity index (χ0v) is 6.28. The summed E-state index contributed by atoms with van der Waals surface area (Å²) in [6, 6.07) is 7.28. The number of hydrogen-bond acceptors (Lipinski definition) is 3. The Morgan fingerprint density at radius 1 is 1.33 bits per heavy atom. The molecule has 3 heteroatoms. The van der Waals surface area contributed by atoms with Crippen LogP contribution in [0.25, 0.3) is 11.0 Å². The molecule has 1 heterocycles. The number of benzene rings is 1. The van der Waals surface area contributed by atoms with Crippen LogP contribution < -0.4 is 5.73 Å². The zero-order chi connectivity index (χ0) is 8.55. The third kappa shape index (κ3) is 0.797. The van der Waals surface area contributed by atoms with Crippen LogP contribution >= 0.6 is 0 Å². The Morgan fingerprint density at radius 3 is 2.75 bits per heavy atom. The summed E-state index contributed by atoms with van der Waals surface area (Å²) in [5.41, 5.74) is 6.69. The molecule has 0 aliphatic carbocycles. The molecule has 0 unspecified atom stereocenters. The van der Waals surface area contributed by atoms with Gasteiger partial charge >= 0.3 is 0 Å². The van der Waals surface area contributed by atoms with Crippen LogP contribution in [0.3, 0.4) is 0 Å². The Kier molecular flexibility index (Phi) is 1.37. The van der Waals surface area contributed by atoms with Gasteiger partial charge in [-0.3, -0.25) is 4.79 Å². The molecule has 0 aliphatic rings. The fourth-order valence-electron chi connectivity index (χ4n) is 1.17. The molecule has 0 amide bonds. The fraction of sp³-hybridized carbons (Fsp3) is 0. The van der Waals surface area contributed by atoms with E-state index in [1.165, 1.54) is 0 Å². The zero-order valence-electron chi connectivity index (χ0n) is 6.28. The normalized spacial score (nSPS) is 10.3. The highest BCUT2D eigenvalue weighted by molar-refractivity contribution is 5.98. The van der Waals surface area contributed by atoms with Crippen molar-refractivity contribution in [3.63, 3.8) is 0 Å². The van der Waals surface area contributed by atoms with Gasteiger partial charge in [-0.15, -0.1) is 0 Å². The molecule has 1 aromatic heterocycles. The van der Waals surface area contributed by atoms with E-state index >= 15 is 0 Å². The van der Waals surface area contributed by atoms with Gasteiger partial charge in [-0.05, 0) is 12.1 Å². The van der Waals surface area contributed by atoms with Crippen LogP contribution in [-0.4, -0.2) is 6.29 Å². The van der Waals surface area contributed by atoms with Crippen LogP contribution in [0.15, 0.2) is 28.7 Å². The number of rotatable bonds is 1. The molecule has 0 radical (unpaired) electrons. The standard InChI is InChI=1S/C9H7NO2/c10-9-6-3-1-2-4-7(6)12-8(9)5-11/h1-5H,10H2. The van der Waals surface area contributed by atoms with Crippen LogP contribution in [0.4, 0.5) is 5.69 Å². The van der Waals surface area contributed by atoms with E-state index in [1.807, 2.05) is 18.2 Å². The molecule has 3 nitrogen and oxygen atoms in total. The molecule has 60 valence electrons. The van der Waals surface area contributed by atoms with Gasteiger partial charge < -0.3 is 10.2 Å². The van der Waals surface area contributed by atoms with E-state index in [1.54, 1.807) is 6.07 Å². The second-order valence-corrected chi connectivity index (χ2v) is 2.49. The molecule has 0 spiro atoms. The molecule has 2 aromatic rings. The van der Waals surface area contributed by atoms with Crippen LogP contribution in [0.1, 0.15) is 10.6 Å². The predicted octanol–water partition coefficient (Wildman–Crippen LogP) is 1.83. The number of fused-ring (bicyclic) bond motifs is 1. The van der Waals surface area contributed by atoms with E-state index < -0.39 is 0 Å². The van der Waals surface area contributed by atoms with Crippen molar-refractivity contribution < 1.29 is 9.21 Å². The first-order chi connectivity index (χ1) is 5.83. The van der Waals surface area contributed by atoms with Gasteiger partial charge in [0.25, 0.3) is 0 Å². The average Bonchev–Trinajstić information content (AvgIpc) is 2.44. The van der Waals surface area contributed by atoms with E-state index in [9.17, 15) is 4.79 Å². The van der Waals surface area contributed by atoms with E-state index in [-0.39, 0.29) is 5.76 Å². The van der Waals surface area contributed by atoms with Crippen molar-refractivity contribution in [1.29, 1.82) is 0 Å². The lowest BCUT2D eigenvalue weighted by molar-refractivity contribution is 0.110. The Labute approximate surface area is 68.8 Å². The average molecular weight is 161 g/mol. The summed E-state index contributed by atoms with van der Waals surface area (Å²) >= 11 is 0. The SMILES string of the molecule is Nc1c(C=O)oc2ccccc12. The topological polar surface area (TPSA) is 56.2 Å². The number of para-hydroxylation sites is 1. The summed E-state index contributed by atoms with van der Waals surface area (Å²) in [7, 11) is 0. The number of hydrogen-bond donors (Lipinski definition) is 1. The van der Waals surface area contributed by atoms with Crippen molar-refractivity contribution in [2.24, 2.45) is 0 Å².